The maximum absolute atomic E-state index is 12.6. The predicted molar refractivity (Wildman–Crippen MR) is 91.5 cm³/mol. The molecule has 1 atom stereocenters. The van der Waals surface area contributed by atoms with Crippen LogP contribution >= 0.6 is 11.6 Å². The first-order chi connectivity index (χ1) is 10.7. The Hall–Kier alpha value is -1.85. The SMILES string of the molecule is CC(c1ccc(Cl)cc1)N(C)C(=O)c1cccc(S(C)(=O)=O)c1. The first-order valence-electron chi connectivity index (χ1n) is 7.03. The number of hydrogen-bond donors (Lipinski definition) is 0. The van der Waals surface area contributed by atoms with E-state index in [1.54, 1.807) is 36.2 Å². The average Bonchev–Trinajstić information content (AvgIpc) is 2.53. The van der Waals surface area contributed by atoms with Crippen molar-refractivity contribution in [2.75, 3.05) is 13.3 Å². The van der Waals surface area contributed by atoms with Crippen molar-refractivity contribution < 1.29 is 13.2 Å². The Kier molecular flexibility index (Phi) is 5.12. The van der Waals surface area contributed by atoms with Crippen LogP contribution in [0.25, 0.3) is 0 Å². The second kappa shape index (κ2) is 6.72. The van der Waals surface area contributed by atoms with Gasteiger partial charge in [0.05, 0.1) is 10.9 Å². The lowest BCUT2D eigenvalue weighted by Gasteiger charge is -2.25. The van der Waals surface area contributed by atoms with E-state index in [0.29, 0.717) is 10.6 Å². The number of rotatable bonds is 4. The van der Waals surface area contributed by atoms with Gasteiger partial charge in [0.15, 0.2) is 9.84 Å². The van der Waals surface area contributed by atoms with E-state index in [0.717, 1.165) is 11.8 Å². The minimum atomic E-state index is -3.35. The summed E-state index contributed by atoms with van der Waals surface area (Å²) in [7, 11) is -1.66. The number of carbonyl (C=O) groups is 1. The van der Waals surface area contributed by atoms with Crippen molar-refractivity contribution in [2.24, 2.45) is 0 Å². The molecule has 2 aromatic carbocycles. The van der Waals surface area contributed by atoms with Crippen LogP contribution in [0.4, 0.5) is 0 Å². The highest BCUT2D eigenvalue weighted by atomic mass is 35.5. The van der Waals surface area contributed by atoms with Crippen molar-refractivity contribution in [1.82, 2.24) is 4.90 Å². The van der Waals surface area contributed by atoms with Crippen LogP contribution in [0.1, 0.15) is 28.9 Å². The summed E-state index contributed by atoms with van der Waals surface area (Å²) in [6.07, 6.45) is 1.12. The molecule has 0 aliphatic carbocycles. The van der Waals surface area contributed by atoms with Gasteiger partial charge in [0.25, 0.3) is 5.91 Å². The molecule has 0 aromatic heterocycles. The Balaban J connectivity index is 2.27. The quantitative estimate of drug-likeness (QED) is 0.846. The van der Waals surface area contributed by atoms with Gasteiger partial charge >= 0.3 is 0 Å². The Labute approximate surface area is 141 Å². The van der Waals surface area contributed by atoms with E-state index in [1.165, 1.54) is 12.1 Å². The summed E-state index contributed by atoms with van der Waals surface area (Å²) in [6, 6.07) is 13.2. The second-order valence-electron chi connectivity index (χ2n) is 5.44. The van der Waals surface area contributed by atoms with Crippen LogP contribution in [0.3, 0.4) is 0 Å². The third kappa shape index (κ3) is 4.12. The minimum Gasteiger partial charge on any atom is -0.335 e. The molecular formula is C17H18ClNO3S. The van der Waals surface area contributed by atoms with Gasteiger partial charge in [0.2, 0.25) is 0 Å². The number of amides is 1. The van der Waals surface area contributed by atoms with Gasteiger partial charge in [0, 0.05) is 23.9 Å². The zero-order valence-corrected chi connectivity index (χ0v) is 14.7. The summed E-state index contributed by atoms with van der Waals surface area (Å²) >= 11 is 5.88. The Morgan fingerprint density at radius 2 is 1.74 bits per heavy atom. The van der Waals surface area contributed by atoms with Crippen LogP contribution in [0.15, 0.2) is 53.4 Å². The molecule has 6 heteroatoms. The molecule has 0 bridgehead atoms. The molecule has 0 heterocycles. The molecular weight excluding hydrogens is 334 g/mol. The molecule has 0 radical (unpaired) electrons. The lowest BCUT2D eigenvalue weighted by molar-refractivity contribution is 0.0742. The number of carbonyl (C=O) groups excluding carboxylic acids is 1. The van der Waals surface area contributed by atoms with Crippen molar-refractivity contribution >= 4 is 27.3 Å². The Bertz CT molecular complexity index is 816. The molecule has 0 fully saturated rings. The zero-order chi connectivity index (χ0) is 17.2. The molecule has 0 saturated heterocycles. The van der Waals surface area contributed by atoms with E-state index in [1.807, 2.05) is 19.1 Å². The second-order valence-corrected chi connectivity index (χ2v) is 7.90. The summed E-state index contributed by atoms with van der Waals surface area (Å²) < 4.78 is 23.3. The van der Waals surface area contributed by atoms with E-state index in [2.05, 4.69) is 0 Å². The molecule has 0 saturated carbocycles. The summed E-state index contributed by atoms with van der Waals surface area (Å²) in [6.45, 7) is 1.90. The molecule has 0 N–H and O–H groups in total. The van der Waals surface area contributed by atoms with E-state index in [-0.39, 0.29) is 16.8 Å². The van der Waals surface area contributed by atoms with Gasteiger partial charge in [-0.2, -0.15) is 0 Å². The third-order valence-electron chi connectivity index (χ3n) is 3.76. The largest absolute Gasteiger partial charge is 0.335 e. The average molecular weight is 352 g/mol. The van der Waals surface area contributed by atoms with Gasteiger partial charge in [-0.15, -0.1) is 0 Å². The first-order valence-corrected chi connectivity index (χ1v) is 9.30. The van der Waals surface area contributed by atoms with Gasteiger partial charge < -0.3 is 4.90 Å². The standard InChI is InChI=1S/C17H18ClNO3S/c1-12(13-7-9-15(18)10-8-13)19(2)17(20)14-5-4-6-16(11-14)23(3,21)22/h4-12H,1-3H3. The topological polar surface area (TPSA) is 54.5 Å². The van der Waals surface area contributed by atoms with Crippen molar-refractivity contribution in [3.05, 3.63) is 64.7 Å². The van der Waals surface area contributed by atoms with Crippen molar-refractivity contribution in [2.45, 2.75) is 17.9 Å². The lowest BCUT2D eigenvalue weighted by Crippen LogP contribution is -2.29. The lowest BCUT2D eigenvalue weighted by atomic mass is 10.1. The fourth-order valence-corrected chi connectivity index (χ4v) is 3.00. The number of nitrogens with zero attached hydrogens (tertiary/aromatic N) is 1. The molecule has 0 aliphatic rings. The van der Waals surface area contributed by atoms with Crippen LogP contribution < -0.4 is 0 Å². The molecule has 2 rings (SSSR count). The van der Waals surface area contributed by atoms with E-state index >= 15 is 0 Å². The molecule has 122 valence electrons. The van der Waals surface area contributed by atoms with E-state index < -0.39 is 9.84 Å². The van der Waals surface area contributed by atoms with Gasteiger partial charge in [0.1, 0.15) is 0 Å². The summed E-state index contributed by atoms with van der Waals surface area (Å²) in [5.41, 5.74) is 1.29. The number of sulfone groups is 1. The molecule has 1 amide bonds. The fourth-order valence-electron chi connectivity index (χ4n) is 2.20. The van der Waals surface area contributed by atoms with Gasteiger partial charge in [-0.1, -0.05) is 29.8 Å². The van der Waals surface area contributed by atoms with Crippen molar-refractivity contribution in [1.29, 1.82) is 0 Å². The minimum absolute atomic E-state index is 0.135. The van der Waals surface area contributed by atoms with Crippen LogP contribution in [0.5, 0.6) is 0 Å². The van der Waals surface area contributed by atoms with E-state index in [9.17, 15) is 13.2 Å². The monoisotopic (exact) mass is 351 g/mol. The number of benzene rings is 2. The highest BCUT2D eigenvalue weighted by Gasteiger charge is 2.20. The molecule has 2 aromatic rings. The number of halogens is 1. The van der Waals surface area contributed by atoms with Crippen LogP contribution in [0, 0.1) is 0 Å². The van der Waals surface area contributed by atoms with Crippen molar-refractivity contribution in [3.8, 4) is 0 Å². The number of hydrogen-bond acceptors (Lipinski definition) is 3. The molecule has 1 unspecified atom stereocenters. The van der Waals surface area contributed by atoms with Crippen LogP contribution in [-0.4, -0.2) is 32.5 Å². The molecule has 0 spiro atoms. The van der Waals surface area contributed by atoms with Crippen LogP contribution in [0.2, 0.25) is 5.02 Å². The van der Waals surface area contributed by atoms with Gasteiger partial charge in [-0.05, 0) is 42.8 Å². The zero-order valence-electron chi connectivity index (χ0n) is 13.2. The maximum Gasteiger partial charge on any atom is 0.254 e. The normalized spacial score (nSPS) is 12.7. The highest BCUT2D eigenvalue weighted by Crippen LogP contribution is 2.23. The summed E-state index contributed by atoms with van der Waals surface area (Å²) in [4.78, 5) is 14.3. The van der Waals surface area contributed by atoms with Gasteiger partial charge in [-0.3, -0.25) is 4.79 Å². The fraction of sp³-hybridized carbons (Fsp3) is 0.235. The third-order valence-corrected chi connectivity index (χ3v) is 5.13. The highest BCUT2D eigenvalue weighted by molar-refractivity contribution is 7.90. The Morgan fingerprint density at radius 3 is 2.30 bits per heavy atom. The smallest absolute Gasteiger partial charge is 0.254 e. The molecule has 4 nitrogen and oxygen atoms in total. The maximum atomic E-state index is 12.6. The van der Waals surface area contributed by atoms with Crippen LogP contribution in [-0.2, 0) is 9.84 Å². The Morgan fingerprint density at radius 1 is 1.13 bits per heavy atom. The summed E-state index contributed by atoms with van der Waals surface area (Å²) in [5.74, 6) is -0.238. The van der Waals surface area contributed by atoms with Crippen molar-refractivity contribution in [3.63, 3.8) is 0 Å². The predicted octanol–water partition coefficient (Wildman–Crippen LogP) is 3.58. The molecule has 23 heavy (non-hydrogen) atoms. The summed E-state index contributed by atoms with van der Waals surface area (Å²) in [5, 5.41) is 0.635. The molecule has 0 aliphatic heterocycles. The van der Waals surface area contributed by atoms with E-state index in [4.69, 9.17) is 11.6 Å². The first kappa shape index (κ1) is 17.5. The van der Waals surface area contributed by atoms with Gasteiger partial charge in [-0.25, -0.2) is 8.42 Å².